The van der Waals surface area contributed by atoms with Crippen molar-refractivity contribution < 1.29 is 112 Å². The van der Waals surface area contributed by atoms with Gasteiger partial charge in [0.25, 0.3) is 0 Å². The van der Waals surface area contributed by atoms with Crippen molar-refractivity contribution in [2.24, 2.45) is 0 Å². The Hall–Kier alpha value is 1.54. The summed E-state index contributed by atoms with van der Waals surface area (Å²) in [5.41, 5.74) is 0. The third-order valence-electron chi connectivity index (χ3n) is 0. The average molecular weight is 499 g/mol. The predicted molar refractivity (Wildman–Crippen MR) is 19.4 cm³/mol. The molecule has 84 valence electrons. The van der Waals surface area contributed by atoms with Crippen molar-refractivity contribution in [3.8, 4) is 0 Å². The quantitative estimate of drug-likeness (QED) is 0.361. The second-order valence-corrected chi connectivity index (χ2v) is 0. The van der Waals surface area contributed by atoms with Crippen LogP contribution >= 0.6 is 0 Å². The number of hydrogen-bond acceptors (Lipinski definition) is 10. The van der Waals surface area contributed by atoms with E-state index in [1.165, 1.54) is 0 Å². The zero-order valence-electron chi connectivity index (χ0n) is 5.47. The average Bonchev–Trinajstić information content (AvgIpc) is 0. The van der Waals surface area contributed by atoms with E-state index >= 15 is 0 Å². The molecule has 10 N–H and O–H groups in total. The molecule has 0 aliphatic carbocycles. The third-order valence-corrected chi connectivity index (χ3v) is 0. The minimum Gasteiger partial charge on any atom is -0.870 e. The zero-order chi connectivity index (χ0) is 0. The Balaban J connectivity index is 0. The topological polar surface area (TPSA) is 300 Å². The number of hydrogen-bond donors (Lipinski definition) is 0. The molecule has 0 aromatic heterocycles. The minimum absolute atomic E-state index is 0. The van der Waals surface area contributed by atoms with Gasteiger partial charge < -0.3 is 54.8 Å². The van der Waals surface area contributed by atoms with Gasteiger partial charge in [0.1, 0.15) is 0 Å². The van der Waals surface area contributed by atoms with Gasteiger partial charge in [0.2, 0.25) is 0 Å². The van der Waals surface area contributed by atoms with Gasteiger partial charge in [-0.3, -0.25) is 0 Å². The molecule has 0 radical (unpaired) electrons. The van der Waals surface area contributed by atoms with Crippen LogP contribution < -0.4 is 0 Å². The molecule has 0 bridgehead atoms. The molecular formula is H10O10UZr-6. The molecule has 0 rings (SSSR count). The predicted octanol–water partition coefficient (Wildman–Crippen LogP) is -1.77. The van der Waals surface area contributed by atoms with Crippen LogP contribution in [-0.2, 0) is 26.2 Å². The second-order valence-electron chi connectivity index (χ2n) is 0. The Morgan fingerprint density at radius 2 is 0.250 bits per heavy atom. The molecule has 0 fully saturated rings. The SMILES string of the molecule is [OH-].[OH-].[OH-].[OH-].[OH-].[OH-].[OH-].[OH-].[OH-].[OH-].[U].[Zr+4]. The molecule has 0 aromatic carbocycles. The van der Waals surface area contributed by atoms with E-state index in [9.17, 15) is 0 Å². The van der Waals surface area contributed by atoms with Crippen LogP contribution in [0.3, 0.4) is 0 Å². The zero-order valence-corrected chi connectivity index (χ0v) is 12.1. The fraction of sp³-hybridized carbons (Fsp3) is 0. The van der Waals surface area contributed by atoms with Gasteiger partial charge in [-0.2, -0.15) is 0 Å². The summed E-state index contributed by atoms with van der Waals surface area (Å²) in [6, 6.07) is 0. The van der Waals surface area contributed by atoms with Crippen molar-refractivity contribution in [2.75, 3.05) is 0 Å². The monoisotopic (exact) mass is 498 g/mol. The molecule has 0 aliphatic rings. The van der Waals surface area contributed by atoms with Crippen LogP contribution in [0, 0.1) is 31.1 Å². The standard InChI is InChI=1S/10H2O.U.Zr/h10*1H2;;/q;;;;;;;;;;;+4/p-10. The third kappa shape index (κ3) is 543. The Kier molecular flexibility index (Phi) is 53200. The van der Waals surface area contributed by atoms with Crippen LogP contribution in [0.25, 0.3) is 0 Å². The van der Waals surface area contributed by atoms with Gasteiger partial charge in [-0.25, -0.2) is 0 Å². The molecule has 12 heavy (non-hydrogen) atoms. The Labute approximate surface area is 111 Å². The fourth-order valence-corrected chi connectivity index (χ4v) is 0. The van der Waals surface area contributed by atoms with Crippen LogP contribution in [0.5, 0.6) is 0 Å². The molecule has 10 nitrogen and oxygen atoms in total. The summed E-state index contributed by atoms with van der Waals surface area (Å²) in [5, 5.41) is 0. The van der Waals surface area contributed by atoms with Gasteiger partial charge >= 0.3 is 26.2 Å². The Bertz CT molecular complexity index is 9.80. The molecule has 0 saturated carbocycles. The molecule has 0 unspecified atom stereocenters. The fourth-order valence-electron chi connectivity index (χ4n) is 0. The summed E-state index contributed by atoms with van der Waals surface area (Å²) in [4.78, 5) is 0. The first-order valence-electron chi connectivity index (χ1n) is 0. The first-order valence-corrected chi connectivity index (χ1v) is 0. The van der Waals surface area contributed by atoms with Crippen LogP contribution in [0.15, 0.2) is 0 Å². The van der Waals surface area contributed by atoms with Crippen molar-refractivity contribution in [1.29, 1.82) is 0 Å². The van der Waals surface area contributed by atoms with Crippen molar-refractivity contribution >= 4 is 0 Å². The Morgan fingerprint density at radius 3 is 0.250 bits per heavy atom. The number of rotatable bonds is 0. The van der Waals surface area contributed by atoms with Gasteiger partial charge in [-0.15, -0.1) is 0 Å². The summed E-state index contributed by atoms with van der Waals surface area (Å²) < 4.78 is 0. The largest absolute Gasteiger partial charge is 4.00 e. The minimum atomic E-state index is 0. The van der Waals surface area contributed by atoms with Crippen molar-refractivity contribution in [3.63, 3.8) is 0 Å². The smallest absolute Gasteiger partial charge is 0.870 e. The first-order chi connectivity index (χ1) is 0. The maximum absolute atomic E-state index is 0. The van der Waals surface area contributed by atoms with Gasteiger partial charge in [-0.1, -0.05) is 0 Å². The maximum Gasteiger partial charge on any atom is 4.00 e. The van der Waals surface area contributed by atoms with E-state index in [-0.39, 0.29) is 112 Å². The van der Waals surface area contributed by atoms with Gasteiger partial charge in [0.05, 0.1) is 0 Å². The van der Waals surface area contributed by atoms with E-state index in [0.717, 1.165) is 0 Å². The molecule has 0 saturated heterocycles. The van der Waals surface area contributed by atoms with E-state index in [2.05, 4.69) is 0 Å². The summed E-state index contributed by atoms with van der Waals surface area (Å²) in [7, 11) is 0. The molecule has 0 heterocycles. The summed E-state index contributed by atoms with van der Waals surface area (Å²) in [5.74, 6) is 0. The molecule has 0 aromatic rings. The van der Waals surface area contributed by atoms with Crippen LogP contribution in [-0.4, -0.2) is 54.8 Å². The maximum atomic E-state index is 0. The molecule has 12 heteroatoms. The Morgan fingerprint density at radius 1 is 0.250 bits per heavy atom. The normalized spacial score (nSPS) is 0. The van der Waals surface area contributed by atoms with Crippen molar-refractivity contribution in [3.05, 3.63) is 0 Å². The van der Waals surface area contributed by atoms with E-state index in [0.29, 0.717) is 0 Å². The molecule has 0 spiro atoms. The van der Waals surface area contributed by atoms with Crippen molar-refractivity contribution in [2.45, 2.75) is 0 Å². The van der Waals surface area contributed by atoms with Crippen LogP contribution in [0.4, 0.5) is 0 Å². The van der Waals surface area contributed by atoms with E-state index < -0.39 is 0 Å². The van der Waals surface area contributed by atoms with Gasteiger partial charge in [-0.05, 0) is 0 Å². The molecule has 0 amide bonds. The summed E-state index contributed by atoms with van der Waals surface area (Å²) >= 11 is 0. The summed E-state index contributed by atoms with van der Waals surface area (Å²) in [6.07, 6.45) is 0. The molecule has 0 aliphatic heterocycles. The molecular weight excluding hydrogens is 489 g/mol. The van der Waals surface area contributed by atoms with Crippen LogP contribution in [0.1, 0.15) is 0 Å². The van der Waals surface area contributed by atoms with Crippen molar-refractivity contribution in [1.82, 2.24) is 0 Å². The molecule has 0 atom stereocenters. The van der Waals surface area contributed by atoms with E-state index in [4.69, 9.17) is 0 Å². The van der Waals surface area contributed by atoms with Crippen LogP contribution in [0.2, 0.25) is 0 Å². The van der Waals surface area contributed by atoms with E-state index in [1.54, 1.807) is 0 Å². The summed E-state index contributed by atoms with van der Waals surface area (Å²) in [6.45, 7) is 0. The van der Waals surface area contributed by atoms with Gasteiger partial charge in [0, 0.05) is 31.1 Å². The first kappa shape index (κ1) is 903. The second kappa shape index (κ2) is 708. The van der Waals surface area contributed by atoms with Gasteiger partial charge in [0.15, 0.2) is 0 Å². The van der Waals surface area contributed by atoms with E-state index in [1.807, 2.05) is 0 Å².